The van der Waals surface area contributed by atoms with Crippen molar-refractivity contribution in [2.75, 3.05) is 13.4 Å². The molecular formula is C11H15BrO4S. The number of benzene rings is 1. The molecule has 1 aromatic carbocycles. The van der Waals surface area contributed by atoms with E-state index in [1.165, 1.54) is 14.0 Å². The standard InChI is InChI=1S/C11H15BrO4S/c1-11(12,17(3,14)15)10(13)8-4-6-9(16-2)7-5-8/h4-7,10,13H,1-3H3/t10-,11+/m0/s1. The van der Waals surface area contributed by atoms with E-state index in [9.17, 15) is 13.5 Å². The quantitative estimate of drug-likeness (QED) is 0.860. The van der Waals surface area contributed by atoms with Crippen LogP contribution in [0.15, 0.2) is 24.3 Å². The SMILES string of the molecule is COc1ccc([C@H](O)[C@](C)(Br)S(C)(=O)=O)cc1. The summed E-state index contributed by atoms with van der Waals surface area (Å²) in [6.45, 7) is 1.43. The second-order valence-corrected chi connectivity index (χ2v) is 8.50. The van der Waals surface area contributed by atoms with Crippen LogP contribution >= 0.6 is 15.9 Å². The molecule has 1 rings (SSSR count). The molecule has 17 heavy (non-hydrogen) atoms. The van der Waals surface area contributed by atoms with Crippen molar-refractivity contribution < 1.29 is 18.3 Å². The summed E-state index contributed by atoms with van der Waals surface area (Å²) in [5.74, 6) is 0.650. The lowest BCUT2D eigenvalue weighted by molar-refractivity contribution is 0.168. The number of aliphatic hydroxyl groups is 1. The Morgan fingerprint density at radius 3 is 2.18 bits per heavy atom. The van der Waals surface area contributed by atoms with Crippen LogP contribution in [0.2, 0.25) is 0 Å². The van der Waals surface area contributed by atoms with Crippen molar-refractivity contribution in [3.63, 3.8) is 0 Å². The van der Waals surface area contributed by atoms with Crippen molar-refractivity contribution in [2.45, 2.75) is 16.7 Å². The first-order valence-corrected chi connectivity index (χ1v) is 7.59. The highest BCUT2D eigenvalue weighted by molar-refractivity contribution is 9.11. The molecule has 4 nitrogen and oxygen atoms in total. The van der Waals surface area contributed by atoms with Crippen molar-refractivity contribution in [3.05, 3.63) is 29.8 Å². The Morgan fingerprint density at radius 1 is 1.35 bits per heavy atom. The maximum absolute atomic E-state index is 11.6. The van der Waals surface area contributed by atoms with E-state index in [1.54, 1.807) is 24.3 Å². The third-order valence-electron chi connectivity index (χ3n) is 2.64. The summed E-state index contributed by atoms with van der Waals surface area (Å²) >= 11 is 3.07. The highest BCUT2D eigenvalue weighted by atomic mass is 79.9. The molecule has 0 heterocycles. The van der Waals surface area contributed by atoms with Gasteiger partial charge in [0, 0.05) is 6.26 Å². The first-order chi connectivity index (χ1) is 7.70. The summed E-state index contributed by atoms with van der Waals surface area (Å²) in [6.07, 6.45) is -0.0718. The van der Waals surface area contributed by atoms with Crippen LogP contribution in [0.1, 0.15) is 18.6 Å². The smallest absolute Gasteiger partial charge is 0.165 e. The Hall–Kier alpha value is -0.590. The van der Waals surface area contributed by atoms with Gasteiger partial charge in [-0.2, -0.15) is 0 Å². The monoisotopic (exact) mass is 322 g/mol. The third kappa shape index (κ3) is 3.00. The summed E-state index contributed by atoms with van der Waals surface area (Å²) in [7, 11) is -1.89. The van der Waals surface area contributed by atoms with Gasteiger partial charge >= 0.3 is 0 Å². The lowest BCUT2D eigenvalue weighted by atomic mass is 10.1. The zero-order chi connectivity index (χ0) is 13.3. The molecule has 0 fully saturated rings. The summed E-state index contributed by atoms with van der Waals surface area (Å²) < 4.78 is 26.7. The van der Waals surface area contributed by atoms with Crippen molar-refractivity contribution >= 4 is 25.8 Å². The Bertz CT molecular complexity index is 479. The van der Waals surface area contributed by atoms with Gasteiger partial charge in [-0.3, -0.25) is 0 Å². The second-order valence-electron chi connectivity index (χ2n) is 3.93. The van der Waals surface area contributed by atoms with E-state index in [-0.39, 0.29) is 0 Å². The van der Waals surface area contributed by atoms with Crippen LogP contribution in [-0.2, 0) is 9.84 Å². The molecule has 0 aliphatic heterocycles. The topological polar surface area (TPSA) is 63.6 Å². The number of hydrogen-bond acceptors (Lipinski definition) is 4. The van der Waals surface area contributed by atoms with Gasteiger partial charge < -0.3 is 9.84 Å². The molecule has 0 saturated heterocycles. The van der Waals surface area contributed by atoms with Gasteiger partial charge in [-0.25, -0.2) is 8.42 Å². The predicted molar refractivity (Wildman–Crippen MR) is 70.1 cm³/mol. The number of ether oxygens (including phenoxy) is 1. The van der Waals surface area contributed by atoms with Gasteiger partial charge in [0.25, 0.3) is 0 Å². The van der Waals surface area contributed by atoms with Gasteiger partial charge in [0.1, 0.15) is 11.9 Å². The molecular weight excluding hydrogens is 308 g/mol. The fourth-order valence-corrected chi connectivity index (χ4v) is 2.09. The van der Waals surface area contributed by atoms with Crippen LogP contribution < -0.4 is 4.74 Å². The van der Waals surface area contributed by atoms with Crippen molar-refractivity contribution in [3.8, 4) is 5.75 Å². The summed E-state index contributed by atoms with van der Waals surface area (Å²) in [4.78, 5) is 0. The van der Waals surface area contributed by atoms with Gasteiger partial charge in [-0.05, 0) is 24.6 Å². The molecule has 6 heteroatoms. The van der Waals surface area contributed by atoms with Gasteiger partial charge in [-0.1, -0.05) is 28.1 Å². The lowest BCUT2D eigenvalue weighted by Crippen LogP contribution is -2.34. The minimum Gasteiger partial charge on any atom is -0.497 e. The highest BCUT2D eigenvalue weighted by Gasteiger charge is 2.41. The number of alkyl halides is 1. The molecule has 0 saturated carbocycles. The summed E-state index contributed by atoms with van der Waals surface area (Å²) in [5, 5.41) is 10.1. The molecule has 0 aliphatic rings. The number of halogens is 1. The van der Waals surface area contributed by atoms with Crippen molar-refractivity contribution in [2.24, 2.45) is 0 Å². The van der Waals surface area contributed by atoms with Gasteiger partial charge in [0.15, 0.2) is 13.5 Å². The average molecular weight is 323 g/mol. The molecule has 0 radical (unpaired) electrons. The van der Waals surface area contributed by atoms with Crippen LogP contribution in [-0.4, -0.2) is 30.5 Å². The molecule has 0 amide bonds. The fourth-order valence-electron chi connectivity index (χ4n) is 1.29. The fraction of sp³-hybridized carbons (Fsp3) is 0.455. The van der Waals surface area contributed by atoms with Crippen LogP contribution in [0, 0.1) is 0 Å². The Labute approximate surface area is 110 Å². The third-order valence-corrected chi connectivity index (χ3v) is 6.52. The van der Waals surface area contributed by atoms with E-state index >= 15 is 0 Å². The first-order valence-electron chi connectivity index (χ1n) is 4.90. The number of hydrogen-bond donors (Lipinski definition) is 1. The normalized spacial score (nSPS) is 17.2. The second kappa shape index (κ2) is 4.96. The minimum absolute atomic E-state index is 0.510. The van der Waals surface area contributed by atoms with E-state index in [0.29, 0.717) is 11.3 Å². The minimum atomic E-state index is -3.43. The maximum Gasteiger partial charge on any atom is 0.165 e. The zero-order valence-electron chi connectivity index (χ0n) is 9.84. The zero-order valence-corrected chi connectivity index (χ0v) is 12.2. The van der Waals surface area contributed by atoms with E-state index in [2.05, 4.69) is 15.9 Å². The molecule has 0 spiro atoms. The van der Waals surface area contributed by atoms with Crippen LogP contribution in [0.5, 0.6) is 5.75 Å². The van der Waals surface area contributed by atoms with Crippen LogP contribution in [0.25, 0.3) is 0 Å². The largest absolute Gasteiger partial charge is 0.497 e. The summed E-state index contributed by atoms with van der Waals surface area (Å²) in [5.41, 5.74) is 0.510. The van der Waals surface area contributed by atoms with E-state index in [4.69, 9.17) is 4.74 Å². The van der Waals surface area contributed by atoms with Crippen LogP contribution in [0.3, 0.4) is 0 Å². The van der Waals surface area contributed by atoms with Gasteiger partial charge in [-0.15, -0.1) is 0 Å². The van der Waals surface area contributed by atoms with E-state index in [1.807, 2.05) is 0 Å². The maximum atomic E-state index is 11.6. The Morgan fingerprint density at radius 2 is 1.82 bits per heavy atom. The van der Waals surface area contributed by atoms with Crippen molar-refractivity contribution in [1.29, 1.82) is 0 Å². The molecule has 0 bridgehead atoms. The first kappa shape index (κ1) is 14.5. The molecule has 0 aromatic heterocycles. The molecule has 0 aliphatic carbocycles. The van der Waals surface area contributed by atoms with Gasteiger partial charge in [0.05, 0.1) is 7.11 Å². The molecule has 1 aromatic rings. The number of sulfone groups is 1. The Kier molecular flexibility index (Phi) is 4.22. The number of aliphatic hydroxyl groups excluding tert-OH is 1. The molecule has 96 valence electrons. The summed E-state index contributed by atoms with van der Waals surface area (Å²) in [6, 6.07) is 6.61. The van der Waals surface area contributed by atoms with Crippen molar-refractivity contribution in [1.82, 2.24) is 0 Å². The highest BCUT2D eigenvalue weighted by Crippen LogP contribution is 2.38. The molecule has 0 unspecified atom stereocenters. The molecule has 2 atom stereocenters. The number of methoxy groups -OCH3 is 1. The Balaban J connectivity index is 3.08. The van der Waals surface area contributed by atoms with E-state index < -0.39 is 19.6 Å². The molecule has 1 N–H and O–H groups in total. The number of rotatable bonds is 4. The van der Waals surface area contributed by atoms with E-state index in [0.717, 1.165) is 6.26 Å². The van der Waals surface area contributed by atoms with Crippen LogP contribution in [0.4, 0.5) is 0 Å². The lowest BCUT2D eigenvalue weighted by Gasteiger charge is -2.26. The predicted octanol–water partition coefficient (Wildman–Crippen LogP) is 1.88. The average Bonchev–Trinajstić information content (AvgIpc) is 2.26. The van der Waals surface area contributed by atoms with Gasteiger partial charge in [0.2, 0.25) is 0 Å².